The molecule has 2 aliphatic heterocycles. The molecule has 6 rings (SSSR count). The Morgan fingerprint density at radius 3 is 2.30 bits per heavy atom. The molecular formula is C38H42N2O6. The lowest BCUT2D eigenvalue weighted by Gasteiger charge is -2.39. The van der Waals surface area contributed by atoms with Crippen LogP contribution in [0.1, 0.15) is 59.1 Å². The fourth-order valence-electron chi connectivity index (χ4n) is 6.37. The van der Waals surface area contributed by atoms with Gasteiger partial charge in [0, 0.05) is 45.1 Å². The average molecular weight is 623 g/mol. The van der Waals surface area contributed by atoms with E-state index in [9.17, 15) is 9.90 Å². The first-order chi connectivity index (χ1) is 22.4. The summed E-state index contributed by atoms with van der Waals surface area (Å²) in [4.78, 5) is 13.9. The molecule has 1 amide bonds. The maximum Gasteiger partial charge on any atom is 0.217 e. The molecule has 240 valence electrons. The summed E-state index contributed by atoms with van der Waals surface area (Å²) in [5, 5.41) is 12.5. The van der Waals surface area contributed by atoms with E-state index in [1.165, 1.54) is 18.1 Å². The van der Waals surface area contributed by atoms with Gasteiger partial charge in [-0.1, -0.05) is 60.7 Å². The molecule has 3 atom stereocenters. The highest BCUT2D eigenvalue weighted by molar-refractivity contribution is 5.73. The van der Waals surface area contributed by atoms with Crippen LogP contribution in [0.2, 0.25) is 0 Å². The summed E-state index contributed by atoms with van der Waals surface area (Å²) in [5.41, 5.74) is 8.58. The van der Waals surface area contributed by atoms with E-state index in [0.29, 0.717) is 6.54 Å². The molecule has 0 aliphatic carbocycles. The van der Waals surface area contributed by atoms with Crippen molar-refractivity contribution in [2.45, 2.75) is 58.0 Å². The fraction of sp³-hybridized carbons (Fsp3) is 0.342. The van der Waals surface area contributed by atoms with E-state index in [1.807, 2.05) is 42.5 Å². The fourth-order valence-corrected chi connectivity index (χ4v) is 6.37. The predicted molar refractivity (Wildman–Crippen MR) is 176 cm³/mol. The highest BCUT2D eigenvalue weighted by Crippen LogP contribution is 2.40. The van der Waals surface area contributed by atoms with Gasteiger partial charge in [0.15, 0.2) is 17.8 Å². The van der Waals surface area contributed by atoms with Crippen LogP contribution in [-0.4, -0.2) is 49.3 Å². The van der Waals surface area contributed by atoms with Crippen molar-refractivity contribution in [3.8, 4) is 22.6 Å². The Labute approximate surface area is 270 Å². The summed E-state index contributed by atoms with van der Waals surface area (Å²) in [6.07, 6.45) is 0.868. The number of hydrogen-bond donors (Lipinski definition) is 2. The molecule has 2 aliphatic rings. The second kappa shape index (κ2) is 14.5. The highest BCUT2D eigenvalue weighted by atomic mass is 16.7. The molecule has 2 N–H and O–H groups in total. The SMILES string of the molecule is COc1cc2c(cc1OC)CN(CC1CC(c3ccc(CO)cc3)OC(c3cccc(-c4cccc(CNC(C)=O)c4)c3)O1)CC2. The first-order valence-electron chi connectivity index (χ1n) is 15.8. The number of aliphatic hydroxyl groups is 1. The molecule has 4 aromatic rings. The third-order valence-electron chi connectivity index (χ3n) is 8.83. The van der Waals surface area contributed by atoms with Crippen LogP contribution in [0.15, 0.2) is 84.9 Å². The van der Waals surface area contributed by atoms with Crippen molar-refractivity contribution in [3.63, 3.8) is 0 Å². The molecule has 0 saturated carbocycles. The van der Waals surface area contributed by atoms with Gasteiger partial charge in [0.05, 0.1) is 33.0 Å². The summed E-state index contributed by atoms with van der Waals surface area (Å²) in [7, 11) is 3.35. The van der Waals surface area contributed by atoms with Crippen molar-refractivity contribution in [2.24, 2.45) is 0 Å². The average Bonchev–Trinajstić information content (AvgIpc) is 3.10. The monoisotopic (exact) mass is 622 g/mol. The number of benzene rings is 4. The Balaban J connectivity index is 1.24. The molecule has 1 fully saturated rings. The Morgan fingerprint density at radius 1 is 0.870 bits per heavy atom. The van der Waals surface area contributed by atoms with Crippen molar-refractivity contribution in [1.29, 1.82) is 0 Å². The number of fused-ring (bicyclic) bond motifs is 1. The number of aliphatic hydroxyl groups excluding tert-OH is 1. The minimum absolute atomic E-state index is 0.00602. The molecule has 0 spiro atoms. The summed E-state index contributed by atoms with van der Waals surface area (Å²) >= 11 is 0. The van der Waals surface area contributed by atoms with Gasteiger partial charge in [0.25, 0.3) is 0 Å². The molecule has 4 aromatic carbocycles. The molecule has 8 nitrogen and oxygen atoms in total. The number of carbonyl (C=O) groups excluding carboxylic acids is 1. The Morgan fingerprint density at radius 2 is 1.59 bits per heavy atom. The van der Waals surface area contributed by atoms with Gasteiger partial charge < -0.3 is 29.4 Å². The van der Waals surface area contributed by atoms with Crippen LogP contribution >= 0.6 is 0 Å². The zero-order valence-corrected chi connectivity index (χ0v) is 26.7. The van der Waals surface area contributed by atoms with Crippen molar-refractivity contribution in [1.82, 2.24) is 10.2 Å². The predicted octanol–water partition coefficient (Wildman–Crippen LogP) is 6.10. The second-order valence-electron chi connectivity index (χ2n) is 12.0. The minimum atomic E-state index is -0.551. The zero-order valence-electron chi connectivity index (χ0n) is 26.7. The van der Waals surface area contributed by atoms with Gasteiger partial charge in [-0.2, -0.15) is 0 Å². The largest absolute Gasteiger partial charge is 0.493 e. The lowest BCUT2D eigenvalue weighted by Crippen LogP contribution is -2.41. The molecule has 3 unspecified atom stereocenters. The molecule has 8 heteroatoms. The van der Waals surface area contributed by atoms with Crippen LogP contribution in [0, 0.1) is 0 Å². The van der Waals surface area contributed by atoms with Crippen LogP contribution in [0.3, 0.4) is 0 Å². The van der Waals surface area contributed by atoms with Crippen molar-refractivity contribution in [3.05, 3.63) is 118 Å². The molecule has 0 radical (unpaired) electrons. The number of amides is 1. The standard InChI is InChI=1S/C38H42N2O6/c1-25(42)39-21-27-6-4-7-29(16-27)30-8-5-9-32(17-30)38-45-34(20-35(46-38)28-12-10-26(24-41)11-13-28)23-40-15-14-31-18-36(43-2)37(44-3)19-33(31)22-40/h4-13,16-19,34-35,38,41H,14-15,20-24H2,1-3H3,(H,39,42). The Hall–Kier alpha value is -4.21. The third-order valence-corrected chi connectivity index (χ3v) is 8.83. The van der Waals surface area contributed by atoms with Gasteiger partial charge in [-0.3, -0.25) is 9.69 Å². The molecule has 46 heavy (non-hydrogen) atoms. The first kappa shape index (κ1) is 31.8. The number of nitrogens with one attached hydrogen (secondary N) is 1. The second-order valence-corrected chi connectivity index (χ2v) is 12.0. The van der Waals surface area contributed by atoms with E-state index in [2.05, 4.69) is 52.7 Å². The third kappa shape index (κ3) is 7.43. The topological polar surface area (TPSA) is 89.5 Å². The summed E-state index contributed by atoms with van der Waals surface area (Å²) in [6.45, 7) is 4.51. The number of methoxy groups -OCH3 is 2. The summed E-state index contributed by atoms with van der Waals surface area (Å²) in [5.74, 6) is 1.46. The number of ether oxygens (including phenoxy) is 4. The zero-order chi connectivity index (χ0) is 32.0. The maximum atomic E-state index is 11.4. The normalized spacial score (nSPS) is 19.7. The van der Waals surface area contributed by atoms with E-state index in [-0.39, 0.29) is 24.7 Å². The number of nitrogens with zero attached hydrogens (tertiary/aromatic N) is 1. The smallest absolute Gasteiger partial charge is 0.217 e. The van der Waals surface area contributed by atoms with Crippen LogP contribution in [0.4, 0.5) is 0 Å². The summed E-state index contributed by atoms with van der Waals surface area (Å²) < 4.78 is 24.5. The van der Waals surface area contributed by atoms with Crippen molar-refractivity contribution < 1.29 is 28.8 Å². The van der Waals surface area contributed by atoms with Crippen molar-refractivity contribution >= 4 is 5.91 Å². The Bertz CT molecular complexity index is 1660. The van der Waals surface area contributed by atoms with Gasteiger partial charge in [0.1, 0.15) is 0 Å². The molecule has 2 heterocycles. The van der Waals surface area contributed by atoms with E-state index in [0.717, 1.165) is 77.4 Å². The first-order valence-corrected chi connectivity index (χ1v) is 15.8. The number of rotatable bonds is 10. The van der Waals surface area contributed by atoms with Crippen LogP contribution < -0.4 is 14.8 Å². The van der Waals surface area contributed by atoms with Gasteiger partial charge in [-0.05, 0) is 69.6 Å². The number of carbonyl (C=O) groups is 1. The lowest BCUT2D eigenvalue weighted by atomic mass is 9.96. The van der Waals surface area contributed by atoms with E-state index < -0.39 is 6.29 Å². The number of hydrogen-bond acceptors (Lipinski definition) is 7. The van der Waals surface area contributed by atoms with E-state index in [1.54, 1.807) is 14.2 Å². The molecular weight excluding hydrogens is 580 g/mol. The van der Waals surface area contributed by atoms with Crippen LogP contribution in [0.5, 0.6) is 11.5 Å². The maximum absolute atomic E-state index is 11.4. The van der Waals surface area contributed by atoms with Gasteiger partial charge in [-0.25, -0.2) is 0 Å². The quantitative estimate of drug-likeness (QED) is 0.221. The van der Waals surface area contributed by atoms with Crippen LogP contribution in [0.25, 0.3) is 11.1 Å². The van der Waals surface area contributed by atoms with Gasteiger partial charge >= 0.3 is 0 Å². The van der Waals surface area contributed by atoms with E-state index in [4.69, 9.17) is 18.9 Å². The molecule has 0 bridgehead atoms. The highest BCUT2D eigenvalue weighted by Gasteiger charge is 2.34. The van der Waals surface area contributed by atoms with Crippen LogP contribution in [-0.2, 0) is 40.4 Å². The van der Waals surface area contributed by atoms with Gasteiger partial charge in [0.2, 0.25) is 5.91 Å². The van der Waals surface area contributed by atoms with E-state index >= 15 is 0 Å². The molecule has 0 aromatic heterocycles. The van der Waals surface area contributed by atoms with Crippen molar-refractivity contribution in [2.75, 3.05) is 27.3 Å². The van der Waals surface area contributed by atoms with Gasteiger partial charge in [-0.15, -0.1) is 0 Å². The lowest BCUT2D eigenvalue weighted by molar-refractivity contribution is -0.253. The Kier molecular flexibility index (Phi) is 10.00. The molecule has 1 saturated heterocycles. The summed E-state index contributed by atoms with van der Waals surface area (Å²) in [6, 6.07) is 28.7. The minimum Gasteiger partial charge on any atom is -0.493 e.